The summed E-state index contributed by atoms with van der Waals surface area (Å²) >= 11 is 0. The number of hydrogen-bond acceptors (Lipinski definition) is 3. The first-order valence-electron chi connectivity index (χ1n) is 6.44. The number of hydrogen-bond donors (Lipinski definition) is 1. The minimum absolute atomic E-state index is 0.147. The molecule has 0 spiro atoms. The topological polar surface area (TPSA) is 47.6 Å². The molecule has 0 aliphatic carbocycles. The van der Waals surface area contributed by atoms with Gasteiger partial charge in [0.1, 0.15) is 5.75 Å². The largest absolute Gasteiger partial charge is 0.497 e. The summed E-state index contributed by atoms with van der Waals surface area (Å²) < 4.78 is 10.4. The van der Waals surface area contributed by atoms with E-state index in [9.17, 15) is 4.79 Å². The number of carbonyl (C=O) groups is 1. The molecule has 0 aliphatic heterocycles. The normalized spacial score (nSPS) is 10.5. The lowest BCUT2D eigenvalue weighted by atomic mass is 10.2. The average Bonchev–Trinajstić information content (AvgIpc) is 2.44. The molecule has 0 heterocycles. The summed E-state index contributed by atoms with van der Waals surface area (Å²) in [5.74, 6) is 0.618. The average molecular weight is 275 g/mol. The van der Waals surface area contributed by atoms with Crippen molar-refractivity contribution in [2.45, 2.75) is 6.92 Å². The Hall–Kier alpha value is -2.07. The standard InChI is InChI=1S/C16H21NO3/c1-13(2)12-20-10-9-17-16(18)8-7-14-5-4-6-15(11-14)19-3/h4-8,11H,1,9-10,12H2,2-3H3,(H,17,18)/b8-7+. The van der Waals surface area contributed by atoms with Crippen LogP contribution in [-0.4, -0.2) is 32.8 Å². The van der Waals surface area contributed by atoms with Gasteiger partial charge >= 0.3 is 0 Å². The Morgan fingerprint density at radius 3 is 2.95 bits per heavy atom. The predicted octanol–water partition coefficient (Wildman–Crippen LogP) is 2.42. The molecule has 0 bridgehead atoms. The number of ether oxygens (including phenoxy) is 2. The number of carbonyl (C=O) groups excluding carboxylic acids is 1. The molecule has 4 heteroatoms. The van der Waals surface area contributed by atoms with Crippen molar-refractivity contribution in [2.24, 2.45) is 0 Å². The van der Waals surface area contributed by atoms with Gasteiger partial charge in [-0.1, -0.05) is 24.3 Å². The van der Waals surface area contributed by atoms with Gasteiger partial charge in [-0.2, -0.15) is 0 Å². The van der Waals surface area contributed by atoms with Crippen molar-refractivity contribution in [1.82, 2.24) is 5.32 Å². The van der Waals surface area contributed by atoms with E-state index in [0.29, 0.717) is 19.8 Å². The molecule has 0 atom stereocenters. The zero-order valence-corrected chi connectivity index (χ0v) is 12.0. The fraction of sp³-hybridized carbons (Fsp3) is 0.312. The van der Waals surface area contributed by atoms with Crippen molar-refractivity contribution in [1.29, 1.82) is 0 Å². The summed E-state index contributed by atoms with van der Waals surface area (Å²) in [5.41, 5.74) is 1.88. The zero-order chi connectivity index (χ0) is 14.8. The highest BCUT2D eigenvalue weighted by Gasteiger charge is 1.96. The molecule has 0 unspecified atom stereocenters. The molecule has 20 heavy (non-hydrogen) atoms. The minimum Gasteiger partial charge on any atom is -0.497 e. The smallest absolute Gasteiger partial charge is 0.244 e. The third kappa shape index (κ3) is 6.75. The molecule has 0 aromatic heterocycles. The maximum absolute atomic E-state index is 11.6. The SMILES string of the molecule is C=C(C)COCCNC(=O)/C=C/c1cccc(OC)c1. The lowest BCUT2D eigenvalue weighted by Crippen LogP contribution is -2.25. The van der Waals surface area contributed by atoms with Gasteiger partial charge in [0.25, 0.3) is 0 Å². The van der Waals surface area contributed by atoms with E-state index in [1.54, 1.807) is 13.2 Å². The van der Waals surface area contributed by atoms with Crippen molar-refractivity contribution in [2.75, 3.05) is 26.9 Å². The first-order chi connectivity index (χ1) is 9.61. The van der Waals surface area contributed by atoms with Crippen LogP contribution in [-0.2, 0) is 9.53 Å². The monoisotopic (exact) mass is 275 g/mol. The van der Waals surface area contributed by atoms with Crippen LogP contribution >= 0.6 is 0 Å². The Bertz CT molecular complexity index is 480. The lowest BCUT2D eigenvalue weighted by molar-refractivity contribution is -0.116. The molecule has 1 amide bonds. The molecule has 0 radical (unpaired) electrons. The maximum Gasteiger partial charge on any atom is 0.244 e. The Balaban J connectivity index is 2.30. The fourth-order valence-electron chi connectivity index (χ4n) is 1.47. The van der Waals surface area contributed by atoms with Crippen molar-refractivity contribution in [3.8, 4) is 5.75 Å². The van der Waals surface area contributed by atoms with Gasteiger partial charge in [0.05, 0.1) is 20.3 Å². The van der Waals surface area contributed by atoms with Crippen LogP contribution in [0, 0.1) is 0 Å². The van der Waals surface area contributed by atoms with E-state index in [0.717, 1.165) is 16.9 Å². The van der Waals surface area contributed by atoms with Crippen molar-refractivity contribution in [3.05, 3.63) is 48.1 Å². The Morgan fingerprint density at radius 1 is 1.45 bits per heavy atom. The molecule has 4 nitrogen and oxygen atoms in total. The number of nitrogens with one attached hydrogen (secondary N) is 1. The summed E-state index contributed by atoms with van der Waals surface area (Å²) in [5, 5.41) is 2.74. The summed E-state index contributed by atoms with van der Waals surface area (Å²) in [6.45, 7) is 7.11. The van der Waals surface area contributed by atoms with E-state index in [-0.39, 0.29) is 5.91 Å². The molecular formula is C16H21NO3. The summed E-state index contributed by atoms with van der Waals surface area (Å²) in [6, 6.07) is 7.50. The Morgan fingerprint density at radius 2 is 2.25 bits per heavy atom. The van der Waals surface area contributed by atoms with Gasteiger partial charge in [0.15, 0.2) is 0 Å². The molecule has 0 saturated carbocycles. The van der Waals surface area contributed by atoms with E-state index < -0.39 is 0 Å². The molecule has 0 fully saturated rings. The maximum atomic E-state index is 11.6. The summed E-state index contributed by atoms with van der Waals surface area (Å²) in [6.07, 6.45) is 3.24. The van der Waals surface area contributed by atoms with Crippen LogP contribution in [0.4, 0.5) is 0 Å². The molecule has 108 valence electrons. The predicted molar refractivity (Wildman–Crippen MR) is 80.7 cm³/mol. The van der Waals surface area contributed by atoms with E-state index in [1.807, 2.05) is 31.2 Å². The Kier molecular flexibility index (Phi) is 7.14. The second-order valence-corrected chi connectivity index (χ2v) is 4.41. The molecule has 1 aromatic rings. The number of methoxy groups -OCH3 is 1. The fourth-order valence-corrected chi connectivity index (χ4v) is 1.47. The van der Waals surface area contributed by atoms with Gasteiger partial charge in [-0.3, -0.25) is 4.79 Å². The van der Waals surface area contributed by atoms with Crippen molar-refractivity contribution >= 4 is 12.0 Å². The highest BCUT2D eigenvalue weighted by Crippen LogP contribution is 2.13. The van der Waals surface area contributed by atoms with Crippen LogP contribution in [0.3, 0.4) is 0 Å². The summed E-state index contributed by atoms with van der Waals surface area (Å²) in [4.78, 5) is 11.6. The Labute approximate surface area is 120 Å². The third-order valence-electron chi connectivity index (χ3n) is 2.42. The van der Waals surface area contributed by atoms with Crippen LogP contribution in [0.5, 0.6) is 5.75 Å². The third-order valence-corrected chi connectivity index (χ3v) is 2.42. The van der Waals surface area contributed by atoms with Crippen LogP contribution < -0.4 is 10.1 Å². The molecular weight excluding hydrogens is 254 g/mol. The molecule has 1 rings (SSSR count). The molecule has 1 N–H and O–H groups in total. The van der Waals surface area contributed by atoms with Gasteiger partial charge in [-0.15, -0.1) is 0 Å². The quantitative estimate of drug-likeness (QED) is 0.450. The van der Waals surface area contributed by atoms with Gasteiger partial charge in [-0.05, 0) is 30.7 Å². The van der Waals surface area contributed by atoms with Crippen LogP contribution in [0.2, 0.25) is 0 Å². The van der Waals surface area contributed by atoms with Crippen LogP contribution in [0.25, 0.3) is 6.08 Å². The van der Waals surface area contributed by atoms with E-state index >= 15 is 0 Å². The minimum atomic E-state index is -0.147. The van der Waals surface area contributed by atoms with Gasteiger partial charge in [0, 0.05) is 12.6 Å². The van der Waals surface area contributed by atoms with E-state index in [1.165, 1.54) is 6.08 Å². The highest BCUT2D eigenvalue weighted by molar-refractivity contribution is 5.91. The molecule has 0 aliphatic rings. The van der Waals surface area contributed by atoms with Gasteiger partial charge < -0.3 is 14.8 Å². The second kappa shape index (κ2) is 8.93. The highest BCUT2D eigenvalue weighted by atomic mass is 16.5. The molecule has 0 saturated heterocycles. The van der Waals surface area contributed by atoms with E-state index in [4.69, 9.17) is 9.47 Å². The van der Waals surface area contributed by atoms with Crippen molar-refractivity contribution in [3.63, 3.8) is 0 Å². The lowest BCUT2D eigenvalue weighted by Gasteiger charge is -2.04. The second-order valence-electron chi connectivity index (χ2n) is 4.41. The van der Waals surface area contributed by atoms with Crippen molar-refractivity contribution < 1.29 is 14.3 Å². The number of rotatable bonds is 8. The number of amides is 1. The first kappa shape index (κ1) is 16.0. The van der Waals surface area contributed by atoms with Gasteiger partial charge in [0.2, 0.25) is 5.91 Å². The van der Waals surface area contributed by atoms with Crippen LogP contribution in [0.15, 0.2) is 42.5 Å². The van der Waals surface area contributed by atoms with Crippen LogP contribution in [0.1, 0.15) is 12.5 Å². The van der Waals surface area contributed by atoms with E-state index in [2.05, 4.69) is 11.9 Å². The zero-order valence-electron chi connectivity index (χ0n) is 12.0. The summed E-state index contributed by atoms with van der Waals surface area (Å²) in [7, 11) is 1.61. The molecule has 1 aromatic carbocycles. The number of benzene rings is 1. The van der Waals surface area contributed by atoms with Gasteiger partial charge in [-0.25, -0.2) is 0 Å². The first-order valence-corrected chi connectivity index (χ1v) is 6.44.